The van der Waals surface area contributed by atoms with Crippen LogP contribution in [0.5, 0.6) is 0 Å². The molecule has 20 heavy (non-hydrogen) atoms. The van der Waals surface area contributed by atoms with E-state index in [2.05, 4.69) is 50.2 Å². The van der Waals surface area contributed by atoms with Crippen LogP contribution >= 0.6 is 11.3 Å². The summed E-state index contributed by atoms with van der Waals surface area (Å²) in [7, 11) is 1.74. The van der Waals surface area contributed by atoms with Crippen molar-refractivity contribution in [2.75, 3.05) is 13.6 Å². The lowest BCUT2D eigenvalue weighted by molar-refractivity contribution is 0.386. The van der Waals surface area contributed by atoms with Crippen molar-refractivity contribution in [1.29, 1.82) is 0 Å². The van der Waals surface area contributed by atoms with Gasteiger partial charge in [0.25, 0.3) is 0 Å². The highest BCUT2D eigenvalue weighted by molar-refractivity contribution is 7.10. The standard InChI is InChI=1S/C13H19N5OS/c1-9(11-5-4-6-20-11)7-15-13(14-3)16-8-12-17-10(2)19-18-12/h4-6,9H,7-8H2,1-3H3,(H2,14,15,16). The Bertz CT molecular complexity index is 549. The van der Waals surface area contributed by atoms with Crippen LogP contribution in [0.3, 0.4) is 0 Å². The van der Waals surface area contributed by atoms with Crippen LogP contribution in [-0.4, -0.2) is 29.7 Å². The van der Waals surface area contributed by atoms with Crippen molar-refractivity contribution in [3.63, 3.8) is 0 Å². The molecule has 2 heterocycles. The van der Waals surface area contributed by atoms with Crippen molar-refractivity contribution < 1.29 is 4.52 Å². The van der Waals surface area contributed by atoms with Gasteiger partial charge >= 0.3 is 0 Å². The maximum atomic E-state index is 4.92. The lowest BCUT2D eigenvalue weighted by Gasteiger charge is -2.14. The molecule has 1 unspecified atom stereocenters. The van der Waals surface area contributed by atoms with E-state index in [0.717, 1.165) is 12.5 Å². The maximum Gasteiger partial charge on any atom is 0.223 e. The zero-order valence-electron chi connectivity index (χ0n) is 11.9. The van der Waals surface area contributed by atoms with Gasteiger partial charge in [0.15, 0.2) is 11.8 Å². The zero-order chi connectivity index (χ0) is 14.4. The number of nitrogens with one attached hydrogen (secondary N) is 2. The average Bonchev–Trinajstić information content (AvgIpc) is 3.10. The summed E-state index contributed by atoms with van der Waals surface area (Å²) < 4.78 is 4.92. The van der Waals surface area contributed by atoms with E-state index >= 15 is 0 Å². The van der Waals surface area contributed by atoms with Gasteiger partial charge in [-0.3, -0.25) is 4.99 Å². The van der Waals surface area contributed by atoms with Crippen molar-refractivity contribution in [1.82, 2.24) is 20.8 Å². The van der Waals surface area contributed by atoms with Gasteiger partial charge in [0.05, 0.1) is 6.54 Å². The molecule has 0 saturated carbocycles. The lowest BCUT2D eigenvalue weighted by atomic mass is 10.1. The van der Waals surface area contributed by atoms with Crippen LogP contribution in [0.25, 0.3) is 0 Å². The Morgan fingerprint density at radius 3 is 2.95 bits per heavy atom. The van der Waals surface area contributed by atoms with Crippen molar-refractivity contribution >= 4 is 17.3 Å². The van der Waals surface area contributed by atoms with E-state index in [-0.39, 0.29) is 0 Å². The van der Waals surface area contributed by atoms with Crippen LogP contribution in [0, 0.1) is 6.92 Å². The quantitative estimate of drug-likeness (QED) is 0.650. The Balaban J connectivity index is 1.78. The molecular formula is C13H19N5OS. The number of hydrogen-bond acceptors (Lipinski definition) is 5. The Kier molecular flexibility index (Phi) is 5.11. The minimum atomic E-state index is 0.445. The molecule has 0 spiro atoms. The fourth-order valence-corrected chi connectivity index (χ4v) is 2.51. The second kappa shape index (κ2) is 7.04. The van der Waals surface area contributed by atoms with Gasteiger partial charge in [0.2, 0.25) is 5.89 Å². The Hall–Kier alpha value is -1.89. The van der Waals surface area contributed by atoms with Crippen LogP contribution in [0.15, 0.2) is 27.0 Å². The van der Waals surface area contributed by atoms with Crippen LogP contribution in [0.4, 0.5) is 0 Å². The molecule has 2 aromatic rings. The summed E-state index contributed by atoms with van der Waals surface area (Å²) in [5.41, 5.74) is 0. The Morgan fingerprint density at radius 2 is 2.35 bits per heavy atom. The minimum absolute atomic E-state index is 0.445. The summed E-state index contributed by atoms with van der Waals surface area (Å²) in [6.07, 6.45) is 0. The van der Waals surface area contributed by atoms with E-state index in [1.54, 1.807) is 25.3 Å². The molecule has 2 rings (SSSR count). The Morgan fingerprint density at radius 1 is 1.50 bits per heavy atom. The molecule has 2 aromatic heterocycles. The predicted octanol–water partition coefficient (Wildman–Crippen LogP) is 1.91. The van der Waals surface area contributed by atoms with Gasteiger partial charge in [-0.25, -0.2) is 0 Å². The van der Waals surface area contributed by atoms with E-state index in [1.165, 1.54) is 4.88 Å². The number of nitrogens with zero attached hydrogens (tertiary/aromatic N) is 3. The van der Waals surface area contributed by atoms with Gasteiger partial charge in [-0.05, 0) is 11.4 Å². The summed E-state index contributed by atoms with van der Waals surface area (Å²) in [5, 5.41) is 12.4. The molecular weight excluding hydrogens is 274 g/mol. The second-order valence-corrected chi connectivity index (χ2v) is 5.43. The summed E-state index contributed by atoms with van der Waals surface area (Å²) >= 11 is 1.77. The van der Waals surface area contributed by atoms with Gasteiger partial charge in [0, 0.05) is 31.3 Å². The predicted molar refractivity (Wildman–Crippen MR) is 80.0 cm³/mol. The molecule has 108 valence electrons. The first-order chi connectivity index (χ1) is 9.69. The van der Waals surface area contributed by atoms with Crippen LogP contribution in [-0.2, 0) is 6.54 Å². The normalized spacial score (nSPS) is 13.2. The van der Waals surface area contributed by atoms with Gasteiger partial charge < -0.3 is 15.2 Å². The summed E-state index contributed by atoms with van der Waals surface area (Å²) in [5.74, 6) is 2.37. The number of rotatable bonds is 5. The SMILES string of the molecule is CN=C(NCc1noc(C)n1)NCC(C)c1cccs1. The third kappa shape index (κ3) is 4.06. The largest absolute Gasteiger partial charge is 0.356 e. The van der Waals surface area contributed by atoms with Crippen molar-refractivity contribution in [3.05, 3.63) is 34.1 Å². The van der Waals surface area contributed by atoms with E-state index in [1.807, 2.05) is 0 Å². The molecule has 6 nitrogen and oxygen atoms in total. The molecule has 0 fully saturated rings. The first-order valence-electron chi connectivity index (χ1n) is 6.46. The maximum absolute atomic E-state index is 4.92. The van der Waals surface area contributed by atoms with Gasteiger partial charge in [0.1, 0.15) is 0 Å². The zero-order valence-corrected chi connectivity index (χ0v) is 12.7. The molecule has 7 heteroatoms. The third-order valence-corrected chi connectivity index (χ3v) is 3.92. The number of aromatic nitrogens is 2. The van der Waals surface area contributed by atoms with E-state index in [0.29, 0.717) is 24.2 Å². The molecule has 0 aliphatic heterocycles. The highest BCUT2D eigenvalue weighted by Gasteiger charge is 2.08. The highest BCUT2D eigenvalue weighted by atomic mass is 32.1. The first-order valence-corrected chi connectivity index (χ1v) is 7.34. The topological polar surface area (TPSA) is 75.3 Å². The number of aryl methyl sites for hydroxylation is 1. The summed E-state index contributed by atoms with van der Waals surface area (Å²) in [6.45, 7) is 5.27. The minimum Gasteiger partial charge on any atom is -0.356 e. The third-order valence-electron chi connectivity index (χ3n) is 2.81. The number of hydrogen-bond donors (Lipinski definition) is 2. The fourth-order valence-electron chi connectivity index (χ4n) is 1.72. The van der Waals surface area contributed by atoms with Gasteiger partial charge in [-0.1, -0.05) is 18.1 Å². The molecule has 0 radical (unpaired) electrons. The molecule has 0 saturated heterocycles. The molecule has 0 bridgehead atoms. The van der Waals surface area contributed by atoms with E-state index in [4.69, 9.17) is 4.52 Å². The summed E-state index contributed by atoms with van der Waals surface area (Å²) in [4.78, 5) is 9.67. The van der Waals surface area contributed by atoms with Crippen molar-refractivity contribution in [2.24, 2.45) is 4.99 Å². The van der Waals surface area contributed by atoms with Crippen LogP contribution < -0.4 is 10.6 Å². The first kappa shape index (κ1) is 14.5. The molecule has 2 N–H and O–H groups in total. The van der Waals surface area contributed by atoms with E-state index < -0.39 is 0 Å². The van der Waals surface area contributed by atoms with Gasteiger partial charge in [-0.15, -0.1) is 11.3 Å². The van der Waals surface area contributed by atoms with Gasteiger partial charge in [-0.2, -0.15) is 4.98 Å². The summed E-state index contributed by atoms with van der Waals surface area (Å²) in [6, 6.07) is 4.22. The number of thiophene rings is 1. The average molecular weight is 293 g/mol. The molecule has 1 atom stereocenters. The number of guanidine groups is 1. The van der Waals surface area contributed by atoms with Crippen LogP contribution in [0.1, 0.15) is 29.4 Å². The van der Waals surface area contributed by atoms with E-state index in [9.17, 15) is 0 Å². The highest BCUT2D eigenvalue weighted by Crippen LogP contribution is 2.19. The van der Waals surface area contributed by atoms with Crippen molar-refractivity contribution in [3.8, 4) is 0 Å². The fraction of sp³-hybridized carbons (Fsp3) is 0.462. The molecule has 0 aromatic carbocycles. The van der Waals surface area contributed by atoms with Crippen LogP contribution in [0.2, 0.25) is 0 Å². The number of aliphatic imine (C=N–C) groups is 1. The Labute approximate surface area is 122 Å². The molecule has 0 aliphatic carbocycles. The lowest BCUT2D eigenvalue weighted by Crippen LogP contribution is -2.38. The molecule has 0 amide bonds. The smallest absolute Gasteiger partial charge is 0.223 e. The second-order valence-electron chi connectivity index (χ2n) is 4.45. The molecule has 0 aliphatic rings. The monoisotopic (exact) mass is 293 g/mol. The van der Waals surface area contributed by atoms with Crippen molar-refractivity contribution in [2.45, 2.75) is 26.3 Å².